The second-order valence-corrected chi connectivity index (χ2v) is 6.25. The van der Waals surface area contributed by atoms with Crippen molar-refractivity contribution in [1.82, 2.24) is 0 Å². The van der Waals surface area contributed by atoms with Gasteiger partial charge in [0.2, 0.25) is 0 Å². The monoisotopic (exact) mass is 334 g/mol. The van der Waals surface area contributed by atoms with Crippen molar-refractivity contribution in [2.75, 3.05) is 20.3 Å². The van der Waals surface area contributed by atoms with Crippen molar-refractivity contribution in [1.29, 1.82) is 0 Å². The molecule has 5 atom stereocenters. The summed E-state index contributed by atoms with van der Waals surface area (Å²) in [6.07, 6.45) is 4.96. The molecule has 0 aromatic carbocycles. The van der Waals surface area contributed by atoms with Crippen LogP contribution in [-0.4, -0.2) is 66.3 Å². The molecule has 6 heteroatoms. The summed E-state index contributed by atoms with van der Waals surface area (Å²) in [5.41, 5.74) is 0. The van der Waals surface area contributed by atoms with Gasteiger partial charge >= 0.3 is 0 Å². The van der Waals surface area contributed by atoms with E-state index >= 15 is 0 Å². The van der Waals surface area contributed by atoms with Gasteiger partial charge < -0.3 is 29.5 Å². The maximum absolute atomic E-state index is 10.1. The number of methoxy groups -OCH3 is 1. The number of hydrogen-bond donors (Lipinski definition) is 3. The van der Waals surface area contributed by atoms with Crippen molar-refractivity contribution in [3.8, 4) is 0 Å². The molecule has 1 aliphatic heterocycles. The molecule has 1 rings (SSSR count). The third kappa shape index (κ3) is 7.03. The smallest absolute Gasteiger partial charge is 0.186 e. The summed E-state index contributed by atoms with van der Waals surface area (Å²) in [6, 6.07) is 0. The molecule has 1 heterocycles. The van der Waals surface area contributed by atoms with E-state index in [2.05, 4.69) is 6.92 Å². The number of rotatable bonds is 12. The Morgan fingerprint density at radius 3 is 2.09 bits per heavy atom. The van der Waals surface area contributed by atoms with Crippen LogP contribution in [0.25, 0.3) is 0 Å². The van der Waals surface area contributed by atoms with Crippen molar-refractivity contribution in [3.05, 3.63) is 0 Å². The molecular formula is C17H34O6. The van der Waals surface area contributed by atoms with Gasteiger partial charge in [-0.2, -0.15) is 0 Å². The molecule has 0 aromatic heterocycles. The highest BCUT2D eigenvalue weighted by Gasteiger charge is 2.45. The highest BCUT2D eigenvalue weighted by molar-refractivity contribution is 4.90. The van der Waals surface area contributed by atoms with Crippen LogP contribution < -0.4 is 0 Å². The van der Waals surface area contributed by atoms with Crippen LogP contribution in [0.2, 0.25) is 0 Å². The van der Waals surface area contributed by atoms with Crippen LogP contribution in [0, 0.1) is 0 Å². The normalized spacial score (nSPS) is 31.4. The van der Waals surface area contributed by atoms with Crippen LogP contribution >= 0.6 is 0 Å². The summed E-state index contributed by atoms with van der Waals surface area (Å²) in [5, 5.41) is 29.4. The number of ether oxygens (including phenoxy) is 3. The predicted molar refractivity (Wildman–Crippen MR) is 87.1 cm³/mol. The summed E-state index contributed by atoms with van der Waals surface area (Å²) in [5.74, 6) is 0. The summed E-state index contributed by atoms with van der Waals surface area (Å²) < 4.78 is 16.0. The highest BCUT2D eigenvalue weighted by atomic mass is 16.7. The first kappa shape index (κ1) is 20.8. The lowest BCUT2D eigenvalue weighted by molar-refractivity contribution is -0.301. The zero-order valence-corrected chi connectivity index (χ0v) is 14.5. The van der Waals surface area contributed by atoms with E-state index in [1.807, 2.05) is 0 Å². The van der Waals surface area contributed by atoms with Gasteiger partial charge in [-0.05, 0) is 6.42 Å². The van der Waals surface area contributed by atoms with Crippen molar-refractivity contribution in [3.63, 3.8) is 0 Å². The maximum atomic E-state index is 10.1. The zero-order valence-electron chi connectivity index (χ0n) is 14.5. The maximum Gasteiger partial charge on any atom is 0.186 e. The van der Waals surface area contributed by atoms with E-state index in [0.29, 0.717) is 6.61 Å². The van der Waals surface area contributed by atoms with Crippen molar-refractivity contribution in [2.24, 2.45) is 0 Å². The topological polar surface area (TPSA) is 88.4 Å². The number of aliphatic hydroxyl groups is 3. The lowest BCUT2D eigenvalue weighted by atomic mass is 9.99. The van der Waals surface area contributed by atoms with Gasteiger partial charge in [-0.1, -0.05) is 51.9 Å². The molecule has 0 saturated carbocycles. The Hall–Kier alpha value is -0.240. The van der Waals surface area contributed by atoms with E-state index < -0.39 is 30.7 Å². The van der Waals surface area contributed by atoms with Crippen LogP contribution in [0.1, 0.15) is 58.3 Å². The minimum Gasteiger partial charge on any atom is -0.394 e. The lowest BCUT2D eigenvalue weighted by Gasteiger charge is -2.41. The Kier molecular flexibility index (Phi) is 11.0. The first-order chi connectivity index (χ1) is 11.2. The van der Waals surface area contributed by atoms with Gasteiger partial charge in [0, 0.05) is 13.7 Å². The second kappa shape index (κ2) is 12.2. The van der Waals surface area contributed by atoms with Crippen LogP contribution in [0.15, 0.2) is 0 Å². The average molecular weight is 334 g/mol. The molecule has 0 spiro atoms. The fourth-order valence-electron chi connectivity index (χ4n) is 2.91. The van der Waals surface area contributed by atoms with Gasteiger partial charge in [0.1, 0.15) is 24.4 Å². The molecule has 0 aromatic rings. The van der Waals surface area contributed by atoms with Gasteiger partial charge in [0.15, 0.2) is 6.29 Å². The third-order valence-electron chi connectivity index (χ3n) is 4.36. The quantitative estimate of drug-likeness (QED) is 0.470. The fourth-order valence-corrected chi connectivity index (χ4v) is 2.91. The van der Waals surface area contributed by atoms with Gasteiger partial charge in [-0.25, -0.2) is 0 Å². The van der Waals surface area contributed by atoms with E-state index in [9.17, 15) is 15.3 Å². The molecule has 2 unspecified atom stereocenters. The van der Waals surface area contributed by atoms with Crippen LogP contribution in [0.3, 0.4) is 0 Å². The first-order valence-corrected chi connectivity index (χ1v) is 8.92. The van der Waals surface area contributed by atoms with Gasteiger partial charge in [-0.15, -0.1) is 0 Å². The highest BCUT2D eigenvalue weighted by Crippen LogP contribution is 2.24. The Morgan fingerprint density at radius 2 is 1.52 bits per heavy atom. The Labute approximate surface area is 139 Å². The molecule has 0 bridgehead atoms. The molecule has 138 valence electrons. The molecular weight excluding hydrogens is 300 g/mol. The lowest BCUT2D eigenvalue weighted by Crippen LogP contribution is -2.59. The number of aliphatic hydroxyl groups excluding tert-OH is 3. The van der Waals surface area contributed by atoms with Crippen LogP contribution in [0.4, 0.5) is 0 Å². The standard InChI is InChI=1S/C17H34O6/c1-3-4-5-6-7-8-9-10-11-22-16-13(12-18)23-17(21-2)15(20)14(16)19/h13-20H,3-12H2,1-2H3/t13?,14-,15?,16-,17+/m1/s1. The van der Waals surface area contributed by atoms with E-state index in [4.69, 9.17) is 14.2 Å². The summed E-state index contributed by atoms with van der Waals surface area (Å²) in [6.45, 7) is 2.42. The Morgan fingerprint density at radius 1 is 0.913 bits per heavy atom. The van der Waals surface area contributed by atoms with Crippen molar-refractivity contribution < 1.29 is 29.5 Å². The molecule has 23 heavy (non-hydrogen) atoms. The fraction of sp³-hybridized carbons (Fsp3) is 1.00. The van der Waals surface area contributed by atoms with E-state index in [1.165, 1.54) is 45.6 Å². The Balaban J connectivity index is 2.19. The summed E-state index contributed by atoms with van der Waals surface area (Å²) in [7, 11) is 1.39. The number of hydrogen-bond acceptors (Lipinski definition) is 6. The molecule has 0 radical (unpaired) electrons. The molecule has 0 amide bonds. The predicted octanol–water partition coefficient (Wildman–Crippen LogP) is 1.60. The molecule has 0 aliphatic carbocycles. The largest absolute Gasteiger partial charge is 0.394 e. The van der Waals surface area contributed by atoms with Crippen LogP contribution in [0.5, 0.6) is 0 Å². The van der Waals surface area contributed by atoms with Crippen molar-refractivity contribution in [2.45, 2.75) is 89.0 Å². The summed E-state index contributed by atoms with van der Waals surface area (Å²) >= 11 is 0. The molecule has 3 N–H and O–H groups in total. The number of unbranched alkanes of at least 4 members (excludes halogenated alkanes) is 7. The third-order valence-corrected chi connectivity index (χ3v) is 4.36. The molecule has 1 fully saturated rings. The Bertz CT molecular complexity index is 286. The average Bonchev–Trinajstić information content (AvgIpc) is 2.57. The SMILES string of the molecule is CCCCCCCCCCO[C@@H]1C(CO)O[C@H](OC)C(O)[C@H]1O. The molecule has 1 saturated heterocycles. The van der Waals surface area contributed by atoms with Crippen molar-refractivity contribution >= 4 is 0 Å². The van der Waals surface area contributed by atoms with Gasteiger partial charge in [0.05, 0.1) is 6.61 Å². The van der Waals surface area contributed by atoms with E-state index in [-0.39, 0.29) is 6.61 Å². The summed E-state index contributed by atoms with van der Waals surface area (Å²) in [4.78, 5) is 0. The zero-order chi connectivity index (χ0) is 17.1. The van der Waals surface area contributed by atoms with Crippen LogP contribution in [-0.2, 0) is 14.2 Å². The minimum atomic E-state index is -1.17. The van der Waals surface area contributed by atoms with Gasteiger partial charge in [-0.3, -0.25) is 0 Å². The molecule has 1 aliphatic rings. The van der Waals surface area contributed by atoms with Gasteiger partial charge in [0.25, 0.3) is 0 Å². The molecule has 6 nitrogen and oxygen atoms in total. The van der Waals surface area contributed by atoms with E-state index in [1.54, 1.807) is 0 Å². The second-order valence-electron chi connectivity index (χ2n) is 6.25. The van der Waals surface area contributed by atoms with E-state index in [0.717, 1.165) is 12.8 Å². The first-order valence-electron chi connectivity index (χ1n) is 8.92. The minimum absolute atomic E-state index is 0.286.